The second-order valence-corrected chi connectivity index (χ2v) is 5.75. The van der Waals surface area contributed by atoms with Crippen molar-refractivity contribution in [3.63, 3.8) is 0 Å². The van der Waals surface area contributed by atoms with E-state index in [2.05, 4.69) is 22.9 Å². The molecule has 0 spiro atoms. The molecule has 98 valence electrons. The Morgan fingerprint density at radius 2 is 2.17 bits per heavy atom. The molecule has 2 aliphatic rings. The van der Waals surface area contributed by atoms with Gasteiger partial charge in [-0.3, -0.25) is 4.98 Å². The van der Waals surface area contributed by atoms with Crippen LogP contribution in [0.1, 0.15) is 43.4 Å². The van der Waals surface area contributed by atoms with E-state index in [-0.39, 0.29) is 0 Å². The predicted molar refractivity (Wildman–Crippen MR) is 74.6 cm³/mol. The number of nitrogens with zero attached hydrogens (tertiary/aromatic N) is 2. The average Bonchev–Trinajstić information content (AvgIpc) is 2.82. The minimum absolute atomic E-state index is 0.594. The quantitative estimate of drug-likeness (QED) is 0.871. The van der Waals surface area contributed by atoms with Crippen molar-refractivity contribution in [3.05, 3.63) is 23.5 Å². The molecular formula is C15H23N3. The summed E-state index contributed by atoms with van der Waals surface area (Å²) in [5.41, 5.74) is 9.52. The van der Waals surface area contributed by atoms with Crippen molar-refractivity contribution in [1.82, 2.24) is 4.98 Å². The van der Waals surface area contributed by atoms with Crippen molar-refractivity contribution in [3.8, 4) is 0 Å². The van der Waals surface area contributed by atoms with Crippen LogP contribution in [0.5, 0.6) is 0 Å². The summed E-state index contributed by atoms with van der Waals surface area (Å²) in [6, 6.07) is 2.98. The SMILES string of the molecule is Cc1cc(N2CCC3CCCCC32)c(CN)cn1. The largest absolute Gasteiger partial charge is 0.368 e. The molecule has 1 saturated heterocycles. The zero-order valence-corrected chi connectivity index (χ0v) is 11.2. The molecule has 1 aliphatic carbocycles. The normalized spacial score (nSPS) is 27.3. The summed E-state index contributed by atoms with van der Waals surface area (Å²) in [7, 11) is 0. The Morgan fingerprint density at radius 3 is 3.00 bits per heavy atom. The van der Waals surface area contributed by atoms with Crippen LogP contribution in [0.4, 0.5) is 5.69 Å². The minimum Gasteiger partial charge on any atom is -0.368 e. The van der Waals surface area contributed by atoms with Crippen LogP contribution in [0.25, 0.3) is 0 Å². The lowest BCUT2D eigenvalue weighted by Gasteiger charge is -2.34. The van der Waals surface area contributed by atoms with Gasteiger partial charge in [0, 0.05) is 42.3 Å². The van der Waals surface area contributed by atoms with Gasteiger partial charge in [-0.2, -0.15) is 0 Å². The van der Waals surface area contributed by atoms with Crippen LogP contribution in [-0.2, 0) is 6.54 Å². The number of fused-ring (bicyclic) bond motifs is 1. The maximum absolute atomic E-state index is 5.87. The van der Waals surface area contributed by atoms with Gasteiger partial charge in [-0.25, -0.2) is 0 Å². The highest BCUT2D eigenvalue weighted by Gasteiger charge is 2.36. The zero-order valence-electron chi connectivity index (χ0n) is 11.2. The van der Waals surface area contributed by atoms with Crippen LogP contribution < -0.4 is 10.6 Å². The fraction of sp³-hybridized carbons (Fsp3) is 0.667. The minimum atomic E-state index is 0.594. The molecule has 0 bridgehead atoms. The maximum Gasteiger partial charge on any atom is 0.0448 e. The smallest absolute Gasteiger partial charge is 0.0448 e. The molecule has 2 fully saturated rings. The number of nitrogens with two attached hydrogens (primary N) is 1. The molecule has 3 nitrogen and oxygen atoms in total. The lowest BCUT2D eigenvalue weighted by molar-refractivity contribution is 0.342. The van der Waals surface area contributed by atoms with Crippen molar-refractivity contribution in [1.29, 1.82) is 0 Å². The van der Waals surface area contributed by atoms with Crippen molar-refractivity contribution >= 4 is 5.69 Å². The number of hydrogen-bond donors (Lipinski definition) is 1. The van der Waals surface area contributed by atoms with Gasteiger partial charge in [0.2, 0.25) is 0 Å². The molecule has 3 heteroatoms. The molecule has 0 radical (unpaired) electrons. The molecule has 2 unspecified atom stereocenters. The van der Waals surface area contributed by atoms with Gasteiger partial charge in [0.25, 0.3) is 0 Å². The van der Waals surface area contributed by atoms with E-state index in [0.717, 1.165) is 17.7 Å². The summed E-state index contributed by atoms with van der Waals surface area (Å²) in [5.74, 6) is 0.915. The molecule has 0 amide bonds. The van der Waals surface area contributed by atoms with Crippen LogP contribution in [0, 0.1) is 12.8 Å². The Balaban J connectivity index is 1.92. The van der Waals surface area contributed by atoms with Crippen LogP contribution in [0.15, 0.2) is 12.3 Å². The number of aryl methyl sites for hydroxylation is 1. The first-order valence-corrected chi connectivity index (χ1v) is 7.22. The van der Waals surface area contributed by atoms with E-state index in [4.69, 9.17) is 5.73 Å². The van der Waals surface area contributed by atoms with E-state index in [1.807, 2.05) is 6.20 Å². The molecule has 3 rings (SSSR count). The third-order valence-corrected chi connectivity index (χ3v) is 4.64. The first-order chi connectivity index (χ1) is 8.79. The number of anilines is 1. The summed E-state index contributed by atoms with van der Waals surface area (Å²) in [5, 5.41) is 0. The molecule has 2 N–H and O–H groups in total. The zero-order chi connectivity index (χ0) is 12.5. The topological polar surface area (TPSA) is 42.1 Å². The molecule has 1 saturated carbocycles. The first-order valence-electron chi connectivity index (χ1n) is 7.22. The maximum atomic E-state index is 5.87. The molecule has 2 atom stereocenters. The number of hydrogen-bond acceptors (Lipinski definition) is 3. The molecule has 1 aromatic heterocycles. The number of aromatic nitrogens is 1. The van der Waals surface area contributed by atoms with Gasteiger partial charge in [0.15, 0.2) is 0 Å². The lowest BCUT2D eigenvalue weighted by atomic mass is 9.85. The Labute approximate surface area is 109 Å². The van der Waals surface area contributed by atoms with Crippen LogP contribution >= 0.6 is 0 Å². The van der Waals surface area contributed by atoms with Crippen LogP contribution in [0.2, 0.25) is 0 Å². The summed E-state index contributed by atoms with van der Waals surface area (Å²) in [6.07, 6.45) is 8.91. The molecule has 1 aromatic rings. The summed E-state index contributed by atoms with van der Waals surface area (Å²) < 4.78 is 0. The Morgan fingerprint density at radius 1 is 1.33 bits per heavy atom. The second-order valence-electron chi connectivity index (χ2n) is 5.75. The third kappa shape index (κ3) is 2.01. The summed E-state index contributed by atoms with van der Waals surface area (Å²) in [4.78, 5) is 6.99. The molecule has 18 heavy (non-hydrogen) atoms. The third-order valence-electron chi connectivity index (χ3n) is 4.64. The lowest BCUT2D eigenvalue weighted by Crippen LogP contribution is -2.35. The van der Waals surface area contributed by atoms with E-state index in [0.29, 0.717) is 6.54 Å². The Hall–Kier alpha value is -1.09. The fourth-order valence-corrected chi connectivity index (χ4v) is 3.70. The average molecular weight is 245 g/mol. The van der Waals surface area contributed by atoms with Gasteiger partial charge in [0.1, 0.15) is 0 Å². The van der Waals surface area contributed by atoms with Crippen LogP contribution in [0.3, 0.4) is 0 Å². The summed E-state index contributed by atoms with van der Waals surface area (Å²) in [6.45, 7) is 3.86. The fourth-order valence-electron chi connectivity index (χ4n) is 3.70. The van der Waals surface area contributed by atoms with E-state index in [9.17, 15) is 0 Å². The van der Waals surface area contributed by atoms with Crippen LogP contribution in [-0.4, -0.2) is 17.6 Å². The number of rotatable bonds is 2. The molecule has 2 heterocycles. The predicted octanol–water partition coefficient (Wildman–Crippen LogP) is 2.62. The Bertz CT molecular complexity index is 430. The van der Waals surface area contributed by atoms with Gasteiger partial charge < -0.3 is 10.6 Å². The molecule has 0 aromatic carbocycles. The van der Waals surface area contributed by atoms with Gasteiger partial charge in [-0.05, 0) is 38.2 Å². The van der Waals surface area contributed by atoms with Gasteiger partial charge in [0.05, 0.1) is 0 Å². The van der Waals surface area contributed by atoms with Crippen molar-refractivity contribution < 1.29 is 0 Å². The first kappa shape index (κ1) is 12.0. The van der Waals surface area contributed by atoms with Crippen molar-refractivity contribution in [2.24, 2.45) is 11.7 Å². The highest BCUT2D eigenvalue weighted by molar-refractivity contribution is 5.55. The van der Waals surface area contributed by atoms with Gasteiger partial charge in [-0.1, -0.05) is 12.8 Å². The monoisotopic (exact) mass is 245 g/mol. The highest BCUT2D eigenvalue weighted by atomic mass is 15.2. The Kier molecular flexibility index (Phi) is 3.25. The standard InChI is InChI=1S/C15H23N3/c1-11-8-15(13(9-16)10-17-11)18-7-6-12-4-2-3-5-14(12)18/h8,10,12,14H,2-7,9,16H2,1H3. The van der Waals surface area contributed by atoms with Crippen molar-refractivity contribution in [2.45, 2.75) is 51.6 Å². The van der Waals surface area contributed by atoms with E-state index in [1.54, 1.807) is 0 Å². The van der Waals surface area contributed by atoms with Gasteiger partial charge >= 0.3 is 0 Å². The second kappa shape index (κ2) is 4.88. The van der Waals surface area contributed by atoms with E-state index < -0.39 is 0 Å². The van der Waals surface area contributed by atoms with E-state index in [1.165, 1.54) is 49.9 Å². The highest BCUT2D eigenvalue weighted by Crippen LogP contribution is 2.39. The molecular weight excluding hydrogens is 222 g/mol. The summed E-state index contributed by atoms with van der Waals surface area (Å²) >= 11 is 0. The molecule has 1 aliphatic heterocycles. The van der Waals surface area contributed by atoms with Gasteiger partial charge in [-0.15, -0.1) is 0 Å². The van der Waals surface area contributed by atoms with Crippen molar-refractivity contribution in [2.75, 3.05) is 11.4 Å². The van der Waals surface area contributed by atoms with E-state index >= 15 is 0 Å². The number of pyridine rings is 1.